The lowest BCUT2D eigenvalue weighted by Gasteiger charge is -2.05. The minimum Gasteiger partial charge on any atom is -0.366 e. The first-order valence-electron chi connectivity index (χ1n) is 3.66. The zero-order valence-corrected chi connectivity index (χ0v) is 7.97. The Labute approximate surface area is 81.3 Å². The van der Waals surface area contributed by atoms with Gasteiger partial charge < -0.3 is 5.73 Å². The van der Waals surface area contributed by atoms with Crippen LogP contribution in [0, 0.1) is 0 Å². The van der Waals surface area contributed by atoms with E-state index < -0.39 is 5.91 Å². The highest BCUT2D eigenvalue weighted by molar-refractivity contribution is 7.80. The molecule has 0 aliphatic rings. The molecule has 1 rings (SSSR count). The number of benzene rings is 1. The van der Waals surface area contributed by atoms with Crippen LogP contribution < -0.4 is 5.73 Å². The number of thiol groups is 1. The minimum absolute atomic E-state index is 0.209. The normalized spacial score (nSPS) is 9.69. The minimum atomic E-state index is -0.610. The molecule has 0 aromatic heterocycles. The Balaban J connectivity index is 3.43. The number of carbonyl (C=O) groups is 2. The van der Waals surface area contributed by atoms with E-state index in [2.05, 4.69) is 12.6 Å². The zero-order valence-electron chi connectivity index (χ0n) is 7.07. The van der Waals surface area contributed by atoms with Crippen molar-refractivity contribution < 1.29 is 9.59 Å². The van der Waals surface area contributed by atoms with Crippen LogP contribution in [0.1, 0.15) is 27.6 Å². The van der Waals surface area contributed by atoms with Crippen molar-refractivity contribution in [1.29, 1.82) is 0 Å². The molecule has 0 aliphatic carbocycles. The van der Waals surface area contributed by atoms with Crippen LogP contribution >= 0.6 is 12.6 Å². The highest BCUT2D eigenvalue weighted by Crippen LogP contribution is 2.18. The zero-order chi connectivity index (χ0) is 10.0. The van der Waals surface area contributed by atoms with Crippen molar-refractivity contribution in [3.63, 3.8) is 0 Å². The van der Waals surface area contributed by atoms with Crippen molar-refractivity contribution in [3.05, 3.63) is 29.3 Å². The first kappa shape index (κ1) is 9.80. The van der Waals surface area contributed by atoms with Crippen molar-refractivity contribution >= 4 is 24.3 Å². The van der Waals surface area contributed by atoms with Crippen molar-refractivity contribution in [2.45, 2.75) is 11.8 Å². The average Bonchev–Trinajstić information content (AvgIpc) is 2.02. The molecule has 0 bridgehead atoms. The molecule has 0 atom stereocenters. The topological polar surface area (TPSA) is 60.2 Å². The van der Waals surface area contributed by atoms with Gasteiger partial charge in [0.2, 0.25) is 5.91 Å². The largest absolute Gasteiger partial charge is 0.366 e. The molecule has 68 valence electrons. The summed E-state index contributed by atoms with van der Waals surface area (Å²) in [4.78, 5) is 22.5. The number of nitrogens with two attached hydrogens (primary N) is 1. The third kappa shape index (κ3) is 1.89. The van der Waals surface area contributed by atoms with Gasteiger partial charge in [0.15, 0.2) is 5.78 Å². The number of Topliss-reactive ketones (excluding diaryl/α,β-unsaturated/α-hetero) is 1. The Morgan fingerprint density at radius 3 is 2.38 bits per heavy atom. The molecule has 0 saturated carbocycles. The van der Waals surface area contributed by atoms with Crippen LogP contribution in [0.2, 0.25) is 0 Å². The van der Waals surface area contributed by atoms with Crippen LogP contribution in [0.25, 0.3) is 0 Å². The van der Waals surface area contributed by atoms with Crippen LogP contribution in [-0.4, -0.2) is 11.7 Å². The van der Waals surface area contributed by atoms with E-state index in [0.717, 1.165) is 0 Å². The summed E-state index contributed by atoms with van der Waals surface area (Å²) in [5.41, 5.74) is 5.61. The van der Waals surface area contributed by atoms with E-state index in [-0.39, 0.29) is 11.3 Å². The number of carbonyl (C=O) groups excluding carboxylic acids is 2. The quantitative estimate of drug-likeness (QED) is 0.551. The molecule has 0 aliphatic heterocycles. The molecule has 0 heterocycles. The third-order valence-electron chi connectivity index (χ3n) is 1.66. The van der Waals surface area contributed by atoms with Gasteiger partial charge in [-0.1, -0.05) is 6.07 Å². The third-order valence-corrected chi connectivity index (χ3v) is 2.03. The van der Waals surface area contributed by atoms with Crippen LogP contribution in [0.5, 0.6) is 0 Å². The maximum atomic E-state index is 11.1. The summed E-state index contributed by atoms with van der Waals surface area (Å²) in [6, 6.07) is 4.79. The van der Waals surface area contributed by atoms with Gasteiger partial charge in [0.05, 0.1) is 5.56 Å². The van der Waals surface area contributed by atoms with E-state index >= 15 is 0 Å². The lowest BCUT2D eigenvalue weighted by Crippen LogP contribution is -2.15. The Hall–Kier alpha value is -1.29. The van der Waals surface area contributed by atoms with Crippen LogP contribution in [-0.2, 0) is 0 Å². The average molecular weight is 195 g/mol. The summed E-state index contributed by atoms with van der Waals surface area (Å²) in [5, 5.41) is 0. The Morgan fingerprint density at radius 2 is 2.00 bits per heavy atom. The SMILES string of the molecule is CC(=O)c1c(S)cccc1C(N)=O. The number of amides is 1. The second-order valence-corrected chi connectivity index (χ2v) is 3.10. The molecule has 1 aromatic rings. The first-order valence-corrected chi connectivity index (χ1v) is 4.11. The summed E-state index contributed by atoms with van der Waals surface area (Å²) >= 11 is 4.07. The Bertz CT molecular complexity index is 374. The highest BCUT2D eigenvalue weighted by atomic mass is 32.1. The molecule has 0 unspecified atom stereocenters. The van der Waals surface area contributed by atoms with E-state index in [1.165, 1.54) is 13.0 Å². The predicted octanol–water partition coefficient (Wildman–Crippen LogP) is 1.28. The van der Waals surface area contributed by atoms with Gasteiger partial charge in [-0.2, -0.15) is 0 Å². The summed E-state index contributed by atoms with van der Waals surface area (Å²) in [7, 11) is 0. The van der Waals surface area contributed by atoms with E-state index in [0.29, 0.717) is 10.5 Å². The first-order chi connectivity index (χ1) is 6.04. The summed E-state index contributed by atoms with van der Waals surface area (Å²) in [6.45, 7) is 1.38. The van der Waals surface area contributed by atoms with E-state index in [9.17, 15) is 9.59 Å². The maximum Gasteiger partial charge on any atom is 0.249 e. The molecule has 0 fully saturated rings. The molecule has 0 spiro atoms. The highest BCUT2D eigenvalue weighted by Gasteiger charge is 2.13. The Morgan fingerprint density at radius 1 is 1.38 bits per heavy atom. The van der Waals surface area contributed by atoms with Crippen molar-refractivity contribution in [2.24, 2.45) is 5.73 Å². The summed E-state index contributed by atoms with van der Waals surface area (Å²) in [5.74, 6) is -0.819. The second kappa shape index (κ2) is 3.62. The van der Waals surface area contributed by atoms with Gasteiger partial charge in [-0.15, -0.1) is 12.6 Å². The fourth-order valence-electron chi connectivity index (χ4n) is 1.12. The maximum absolute atomic E-state index is 11.1. The lowest BCUT2D eigenvalue weighted by molar-refractivity contribution is 0.0971. The van der Waals surface area contributed by atoms with Gasteiger partial charge in [-0.3, -0.25) is 9.59 Å². The number of ketones is 1. The van der Waals surface area contributed by atoms with Crippen molar-refractivity contribution in [3.8, 4) is 0 Å². The molecular formula is C9H9NO2S. The van der Waals surface area contributed by atoms with Gasteiger partial charge in [0, 0.05) is 10.5 Å². The molecule has 13 heavy (non-hydrogen) atoms. The lowest BCUT2D eigenvalue weighted by atomic mass is 10.0. The molecule has 2 N–H and O–H groups in total. The molecule has 0 radical (unpaired) electrons. The number of hydrogen-bond acceptors (Lipinski definition) is 3. The molecule has 1 amide bonds. The molecule has 3 nitrogen and oxygen atoms in total. The molecule has 1 aromatic carbocycles. The molecular weight excluding hydrogens is 186 g/mol. The van der Waals surface area contributed by atoms with Crippen molar-refractivity contribution in [1.82, 2.24) is 0 Å². The fourth-order valence-corrected chi connectivity index (χ4v) is 1.48. The monoisotopic (exact) mass is 195 g/mol. The van der Waals surface area contributed by atoms with Gasteiger partial charge in [0.1, 0.15) is 0 Å². The fraction of sp³-hybridized carbons (Fsp3) is 0.111. The molecule has 4 heteroatoms. The second-order valence-electron chi connectivity index (χ2n) is 2.62. The number of primary amides is 1. The van der Waals surface area contributed by atoms with E-state index in [1.807, 2.05) is 0 Å². The van der Waals surface area contributed by atoms with Gasteiger partial charge >= 0.3 is 0 Å². The van der Waals surface area contributed by atoms with Gasteiger partial charge in [-0.05, 0) is 19.1 Å². The number of hydrogen-bond donors (Lipinski definition) is 2. The van der Waals surface area contributed by atoms with E-state index in [1.54, 1.807) is 12.1 Å². The van der Waals surface area contributed by atoms with Gasteiger partial charge in [0.25, 0.3) is 0 Å². The van der Waals surface area contributed by atoms with Crippen LogP contribution in [0.3, 0.4) is 0 Å². The summed E-state index contributed by atoms with van der Waals surface area (Å²) < 4.78 is 0. The summed E-state index contributed by atoms with van der Waals surface area (Å²) in [6.07, 6.45) is 0. The number of rotatable bonds is 2. The van der Waals surface area contributed by atoms with Crippen molar-refractivity contribution in [2.75, 3.05) is 0 Å². The van der Waals surface area contributed by atoms with Gasteiger partial charge in [-0.25, -0.2) is 0 Å². The van der Waals surface area contributed by atoms with Crippen LogP contribution in [0.4, 0.5) is 0 Å². The predicted molar refractivity (Wildman–Crippen MR) is 52.2 cm³/mol. The Kier molecular flexibility index (Phi) is 2.72. The van der Waals surface area contributed by atoms with Crippen LogP contribution in [0.15, 0.2) is 23.1 Å². The molecule has 0 saturated heterocycles. The van der Waals surface area contributed by atoms with E-state index in [4.69, 9.17) is 5.73 Å². The smallest absolute Gasteiger partial charge is 0.249 e. The standard InChI is InChI=1S/C9H9NO2S/c1-5(11)8-6(9(10)12)3-2-4-7(8)13/h2-4,13H,1H3,(H2,10,12).